The summed E-state index contributed by atoms with van der Waals surface area (Å²) in [4.78, 5) is 11.8. The zero-order valence-corrected chi connectivity index (χ0v) is 14.2. The largest absolute Gasteiger partial charge is 0.497 e. The molecule has 0 aliphatic rings. The Bertz CT molecular complexity index is 641. The van der Waals surface area contributed by atoms with E-state index in [0.29, 0.717) is 13.1 Å². The van der Waals surface area contributed by atoms with Gasteiger partial charge in [-0.15, -0.1) is 0 Å². The molecule has 0 saturated heterocycles. The Morgan fingerprint density at radius 2 is 1.71 bits per heavy atom. The minimum atomic E-state index is -0.0172. The molecule has 2 N–H and O–H groups in total. The lowest BCUT2D eigenvalue weighted by atomic mass is 10.1. The van der Waals surface area contributed by atoms with Crippen LogP contribution in [-0.4, -0.2) is 33.2 Å². The van der Waals surface area contributed by atoms with Gasteiger partial charge in [0.15, 0.2) is 0 Å². The Balaban J connectivity index is 1.63. The van der Waals surface area contributed by atoms with Crippen LogP contribution in [0.4, 0.5) is 0 Å². The third kappa shape index (κ3) is 5.93. The predicted molar refractivity (Wildman–Crippen MR) is 94.4 cm³/mol. The van der Waals surface area contributed by atoms with Crippen molar-refractivity contribution in [1.29, 1.82) is 0 Å². The number of carbonyl (C=O) groups excluding carboxylic acids is 1. The fraction of sp³-hybridized carbons (Fsp3) is 0.316. The topological polar surface area (TPSA) is 59.6 Å². The Kier molecular flexibility index (Phi) is 7.11. The van der Waals surface area contributed by atoms with Crippen LogP contribution in [0.2, 0.25) is 0 Å². The van der Waals surface area contributed by atoms with Gasteiger partial charge in [0.2, 0.25) is 5.91 Å². The highest BCUT2D eigenvalue weighted by molar-refractivity contribution is 5.77. The minimum absolute atomic E-state index is 0.0172. The molecule has 2 aromatic carbocycles. The second-order valence-electron chi connectivity index (χ2n) is 5.40. The van der Waals surface area contributed by atoms with Crippen LogP contribution in [0, 0.1) is 0 Å². The van der Waals surface area contributed by atoms with Crippen molar-refractivity contribution in [2.45, 2.75) is 13.0 Å². The van der Waals surface area contributed by atoms with E-state index in [1.165, 1.54) is 5.56 Å². The standard InChI is InChI=1S/C19H24N2O3/c1-23-17-8-6-16(7-9-17)13-21-19(22)14-20-11-10-15-4-3-5-18(12-15)24-2/h3-9,12,20H,10-11,13-14H2,1-2H3,(H,21,22). The third-order valence-electron chi connectivity index (χ3n) is 3.66. The normalized spacial score (nSPS) is 10.2. The monoisotopic (exact) mass is 328 g/mol. The van der Waals surface area contributed by atoms with Gasteiger partial charge in [0.1, 0.15) is 11.5 Å². The molecule has 5 nitrogen and oxygen atoms in total. The summed E-state index contributed by atoms with van der Waals surface area (Å²) in [7, 11) is 3.29. The van der Waals surface area contributed by atoms with Crippen molar-refractivity contribution in [3.05, 3.63) is 59.7 Å². The molecule has 0 spiro atoms. The van der Waals surface area contributed by atoms with Crippen LogP contribution in [0.25, 0.3) is 0 Å². The van der Waals surface area contributed by atoms with E-state index in [2.05, 4.69) is 10.6 Å². The summed E-state index contributed by atoms with van der Waals surface area (Å²) in [5.41, 5.74) is 2.22. The van der Waals surface area contributed by atoms with Crippen LogP contribution in [0.5, 0.6) is 11.5 Å². The van der Waals surface area contributed by atoms with Gasteiger partial charge in [0.05, 0.1) is 20.8 Å². The highest BCUT2D eigenvalue weighted by Crippen LogP contribution is 2.12. The lowest BCUT2D eigenvalue weighted by Gasteiger charge is -2.08. The van der Waals surface area contributed by atoms with Gasteiger partial charge in [-0.1, -0.05) is 24.3 Å². The third-order valence-corrected chi connectivity index (χ3v) is 3.66. The number of carbonyl (C=O) groups is 1. The zero-order valence-electron chi connectivity index (χ0n) is 14.2. The number of nitrogens with one attached hydrogen (secondary N) is 2. The van der Waals surface area contributed by atoms with Crippen molar-refractivity contribution in [3.8, 4) is 11.5 Å². The molecule has 0 heterocycles. The number of amides is 1. The maximum Gasteiger partial charge on any atom is 0.234 e. The summed E-state index contributed by atoms with van der Waals surface area (Å²) in [6.07, 6.45) is 0.850. The molecular formula is C19H24N2O3. The molecule has 0 fully saturated rings. The second kappa shape index (κ2) is 9.57. The number of hydrogen-bond acceptors (Lipinski definition) is 4. The van der Waals surface area contributed by atoms with Crippen LogP contribution < -0.4 is 20.1 Å². The van der Waals surface area contributed by atoms with Crippen LogP contribution in [-0.2, 0) is 17.8 Å². The van der Waals surface area contributed by atoms with E-state index in [1.54, 1.807) is 14.2 Å². The molecule has 1 amide bonds. The Labute approximate surface area is 143 Å². The van der Waals surface area contributed by atoms with Gasteiger partial charge in [-0.25, -0.2) is 0 Å². The highest BCUT2D eigenvalue weighted by atomic mass is 16.5. The molecule has 24 heavy (non-hydrogen) atoms. The maximum atomic E-state index is 11.8. The fourth-order valence-corrected chi connectivity index (χ4v) is 2.27. The van der Waals surface area contributed by atoms with Gasteiger partial charge in [-0.2, -0.15) is 0 Å². The Hall–Kier alpha value is -2.53. The first-order valence-electron chi connectivity index (χ1n) is 7.94. The van der Waals surface area contributed by atoms with Gasteiger partial charge in [0.25, 0.3) is 0 Å². The second-order valence-corrected chi connectivity index (χ2v) is 5.40. The van der Waals surface area contributed by atoms with Gasteiger partial charge in [0, 0.05) is 6.54 Å². The molecule has 0 atom stereocenters. The summed E-state index contributed by atoms with van der Waals surface area (Å²) < 4.78 is 10.3. The molecule has 128 valence electrons. The fourth-order valence-electron chi connectivity index (χ4n) is 2.27. The van der Waals surface area contributed by atoms with Crippen LogP contribution in [0.3, 0.4) is 0 Å². The van der Waals surface area contributed by atoms with Gasteiger partial charge < -0.3 is 20.1 Å². The van der Waals surface area contributed by atoms with Gasteiger partial charge in [-0.05, 0) is 48.4 Å². The van der Waals surface area contributed by atoms with Gasteiger partial charge in [-0.3, -0.25) is 4.79 Å². The van der Waals surface area contributed by atoms with Crippen LogP contribution in [0.15, 0.2) is 48.5 Å². The van der Waals surface area contributed by atoms with Crippen molar-refractivity contribution in [2.24, 2.45) is 0 Å². The van der Waals surface area contributed by atoms with E-state index >= 15 is 0 Å². The van der Waals surface area contributed by atoms with E-state index in [1.807, 2.05) is 48.5 Å². The first kappa shape index (κ1) is 17.8. The molecular weight excluding hydrogens is 304 g/mol. The molecule has 0 aromatic heterocycles. The average molecular weight is 328 g/mol. The van der Waals surface area contributed by atoms with Crippen molar-refractivity contribution in [3.63, 3.8) is 0 Å². The number of ether oxygens (including phenoxy) is 2. The predicted octanol–water partition coefficient (Wildman–Crippen LogP) is 2.15. The van der Waals surface area contributed by atoms with Gasteiger partial charge >= 0.3 is 0 Å². The first-order valence-corrected chi connectivity index (χ1v) is 7.94. The molecule has 5 heteroatoms. The quantitative estimate of drug-likeness (QED) is 0.693. The van der Waals surface area contributed by atoms with E-state index in [0.717, 1.165) is 30.0 Å². The van der Waals surface area contributed by atoms with Crippen molar-refractivity contribution in [2.75, 3.05) is 27.3 Å². The van der Waals surface area contributed by atoms with Crippen LogP contribution >= 0.6 is 0 Å². The summed E-state index contributed by atoms with van der Waals surface area (Å²) in [6.45, 7) is 1.56. The molecule has 2 aromatic rings. The summed E-state index contributed by atoms with van der Waals surface area (Å²) in [6, 6.07) is 15.6. The lowest BCUT2D eigenvalue weighted by Crippen LogP contribution is -2.34. The molecule has 0 radical (unpaired) electrons. The average Bonchev–Trinajstić information content (AvgIpc) is 2.64. The van der Waals surface area contributed by atoms with E-state index in [-0.39, 0.29) is 5.91 Å². The minimum Gasteiger partial charge on any atom is -0.497 e. The molecule has 0 unspecified atom stereocenters. The number of rotatable bonds is 9. The van der Waals surface area contributed by atoms with Crippen molar-refractivity contribution in [1.82, 2.24) is 10.6 Å². The molecule has 0 bridgehead atoms. The SMILES string of the molecule is COc1ccc(CNC(=O)CNCCc2cccc(OC)c2)cc1. The number of methoxy groups -OCH3 is 2. The zero-order chi connectivity index (χ0) is 17.2. The van der Waals surface area contributed by atoms with Crippen molar-refractivity contribution < 1.29 is 14.3 Å². The highest BCUT2D eigenvalue weighted by Gasteiger charge is 2.02. The van der Waals surface area contributed by atoms with Crippen LogP contribution in [0.1, 0.15) is 11.1 Å². The molecule has 0 aliphatic heterocycles. The van der Waals surface area contributed by atoms with E-state index < -0.39 is 0 Å². The van der Waals surface area contributed by atoms with Crippen molar-refractivity contribution >= 4 is 5.91 Å². The van der Waals surface area contributed by atoms with E-state index in [4.69, 9.17) is 9.47 Å². The first-order chi connectivity index (χ1) is 11.7. The maximum absolute atomic E-state index is 11.8. The summed E-state index contributed by atoms with van der Waals surface area (Å²) in [5, 5.41) is 6.04. The molecule has 0 aliphatic carbocycles. The lowest BCUT2D eigenvalue weighted by molar-refractivity contribution is -0.120. The summed E-state index contributed by atoms with van der Waals surface area (Å²) in [5.74, 6) is 1.64. The number of hydrogen-bond donors (Lipinski definition) is 2. The summed E-state index contributed by atoms with van der Waals surface area (Å²) >= 11 is 0. The Morgan fingerprint density at radius 3 is 2.42 bits per heavy atom. The number of benzene rings is 2. The smallest absolute Gasteiger partial charge is 0.234 e. The molecule has 0 saturated carbocycles. The van der Waals surface area contributed by atoms with E-state index in [9.17, 15) is 4.79 Å². The molecule has 2 rings (SSSR count). The Morgan fingerprint density at radius 1 is 0.958 bits per heavy atom.